The van der Waals surface area contributed by atoms with Crippen LogP contribution >= 0.6 is 0 Å². The second-order valence-corrected chi connectivity index (χ2v) is 5.29. The number of aromatic nitrogens is 2. The molecule has 2 aromatic heterocycles. The SMILES string of the molecule is NCc1cc(C(=O)Nc2ccc(N3CCCC3)nc2)ccn1. The average molecular weight is 297 g/mol. The van der Waals surface area contributed by atoms with Crippen molar-refractivity contribution < 1.29 is 4.79 Å². The van der Waals surface area contributed by atoms with E-state index in [0.29, 0.717) is 23.5 Å². The first-order valence-electron chi connectivity index (χ1n) is 7.43. The van der Waals surface area contributed by atoms with Gasteiger partial charge in [-0.3, -0.25) is 9.78 Å². The molecule has 1 amide bonds. The van der Waals surface area contributed by atoms with Crippen LogP contribution in [-0.2, 0) is 6.54 Å². The summed E-state index contributed by atoms with van der Waals surface area (Å²) in [6.45, 7) is 2.42. The van der Waals surface area contributed by atoms with E-state index < -0.39 is 0 Å². The maximum atomic E-state index is 12.2. The molecule has 1 aliphatic rings. The van der Waals surface area contributed by atoms with Gasteiger partial charge in [0, 0.05) is 31.4 Å². The number of anilines is 2. The Morgan fingerprint density at radius 3 is 2.73 bits per heavy atom. The number of hydrogen-bond donors (Lipinski definition) is 2. The summed E-state index contributed by atoms with van der Waals surface area (Å²) in [6.07, 6.45) is 5.71. The van der Waals surface area contributed by atoms with E-state index in [9.17, 15) is 4.79 Å². The smallest absolute Gasteiger partial charge is 0.255 e. The molecule has 0 saturated carbocycles. The molecule has 1 saturated heterocycles. The molecular formula is C16H19N5O. The Labute approximate surface area is 129 Å². The summed E-state index contributed by atoms with van der Waals surface area (Å²) in [5.41, 5.74) is 7.45. The highest BCUT2D eigenvalue weighted by molar-refractivity contribution is 6.04. The number of nitrogens with zero attached hydrogens (tertiary/aromatic N) is 3. The number of carbonyl (C=O) groups excluding carboxylic acids is 1. The fourth-order valence-electron chi connectivity index (χ4n) is 2.53. The molecule has 0 radical (unpaired) electrons. The van der Waals surface area contributed by atoms with Crippen LogP contribution in [0.4, 0.5) is 11.5 Å². The Morgan fingerprint density at radius 1 is 1.23 bits per heavy atom. The molecule has 0 unspecified atom stereocenters. The minimum atomic E-state index is -0.187. The van der Waals surface area contributed by atoms with Crippen LogP contribution in [0.2, 0.25) is 0 Å². The minimum absolute atomic E-state index is 0.187. The summed E-state index contributed by atoms with van der Waals surface area (Å²) in [5.74, 6) is 0.776. The lowest BCUT2D eigenvalue weighted by molar-refractivity contribution is 0.102. The molecule has 6 heteroatoms. The molecule has 0 aromatic carbocycles. The first kappa shape index (κ1) is 14.5. The third kappa shape index (κ3) is 3.23. The molecule has 22 heavy (non-hydrogen) atoms. The zero-order chi connectivity index (χ0) is 15.4. The fourth-order valence-corrected chi connectivity index (χ4v) is 2.53. The van der Waals surface area contributed by atoms with Gasteiger partial charge in [0.1, 0.15) is 5.82 Å². The highest BCUT2D eigenvalue weighted by atomic mass is 16.1. The summed E-state index contributed by atoms with van der Waals surface area (Å²) >= 11 is 0. The molecule has 3 rings (SSSR count). The second kappa shape index (κ2) is 6.53. The van der Waals surface area contributed by atoms with Gasteiger partial charge in [0.15, 0.2) is 0 Å². The molecule has 0 spiro atoms. The largest absolute Gasteiger partial charge is 0.357 e. The predicted octanol–water partition coefficient (Wildman–Crippen LogP) is 1.79. The third-order valence-corrected chi connectivity index (χ3v) is 3.72. The number of amides is 1. The van der Waals surface area contributed by atoms with Crippen molar-refractivity contribution in [3.63, 3.8) is 0 Å². The molecule has 1 aliphatic heterocycles. The van der Waals surface area contributed by atoms with E-state index in [1.54, 1.807) is 24.5 Å². The van der Waals surface area contributed by atoms with Gasteiger partial charge in [-0.15, -0.1) is 0 Å². The van der Waals surface area contributed by atoms with Gasteiger partial charge in [-0.05, 0) is 37.1 Å². The molecular weight excluding hydrogens is 278 g/mol. The normalized spacial score (nSPS) is 14.1. The lowest BCUT2D eigenvalue weighted by atomic mass is 10.2. The zero-order valence-corrected chi connectivity index (χ0v) is 12.3. The van der Waals surface area contributed by atoms with Crippen molar-refractivity contribution in [2.45, 2.75) is 19.4 Å². The Morgan fingerprint density at radius 2 is 2.05 bits per heavy atom. The molecule has 0 aliphatic carbocycles. The van der Waals surface area contributed by atoms with Crippen LogP contribution in [0.1, 0.15) is 28.9 Å². The van der Waals surface area contributed by atoms with E-state index in [0.717, 1.165) is 18.9 Å². The fraction of sp³-hybridized carbons (Fsp3) is 0.312. The standard InChI is InChI=1S/C16H19N5O/c17-10-14-9-12(5-6-18-14)16(22)20-13-3-4-15(19-11-13)21-7-1-2-8-21/h3-6,9,11H,1-2,7-8,10,17H2,(H,20,22). The van der Waals surface area contributed by atoms with E-state index in [1.165, 1.54) is 12.8 Å². The minimum Gasteiger partial charge on any atom is -0.357 e. The van der Waals surface area contributed by atoms with Crippen LogP contribution in [0.5, 0.6) is 0 Å². The molecule has 2 aromatic rings. The lowest BCUT2D eigenvalue weighted by Gasteiger charge is -2.16. The summed E-state index contributed by atoms with van der Waals surface area (Å²) in [6, 6.07) is 7.18. The third-order valence-electron chi connectivity index (χ3n) is 3.72. The molecule has 3 N–H and O–H groups in total. The summed E-state index contributed by atoms with van der Waals surface area (Å²) in [5, 5.41) is 2.84. The van der Waals surface area contributed by atoms with Crippen molar-refractivity contribution in [3.05, 3.63) is 47.9 Å². The zero-order valence-electron chi connectivity index (χ0n) is 12.3. The number of nitrogens with one attached hydrogen (secondary N) is 1. The summed E-state index contributed by atoms with van der Waals surface area (Å²) < 4.78 is 0. The van der Waals surface area contributed by atoms with Gasteiger partial charge in [-0.25, -0.2) is 4.98 Å². The number of hydrogen-bond acceptors (Lipinski definition) is 5. The Bertz CT molecular complexity index is 650. The van der Waals surface area contributed by atoms with Crippen molar-refractivity contribution in [2.24, 2.45) is 5.73 Å². The van der Waals surface area contributed by atoms with Crippen molar-refractivity contribution >= 4 is 17.4 Å². The van der Waals surface area contributed by atoms with Crippen molar-refractivity contribution in [2.75, 3.05) is 23.3 Å². The van der Waals surface area contributed by atoms with E-state index >= 15 is 0 Å². The molecule has 0 atom stereocenters. The summed E-state index contributed by atoms with van der Waals surface area (Å²) in [7, 11) is 0. The van der Waals surface area contributed by atoms with Crippen LogP contribution < -0.4 is 16.0 Å². The van der Waals surface area contributed by atoms with Crippen LogP contribution in [-0.4, -0.2) is 29.0 Å². The van der Waals surface area contributed by atoms with Crippen LogP contribution in [0.3, 0.4) is 0 Å². The molecule has 1 fully saturated rings. The maximum Gasteiger partial charge on any atom is 0.255 e. The second-order valence-electron chi connectivity index (χ2n) is 5.29. The van der Waals surface area contributed by atoms with Crippen LogP contribution in [0, 0.1) is 0 Å². The maximum absolute atomic E-state index is 12.2. The van der Waals surface area contributed by atoms with Crippen molar-refractivity contribution in [1.82, 2.24) is 9.97 Å². The molecule has 0 bridgehead atoms. The predicted molar refractivity (Wildman–Crippen MR) is 85.8 cm³/mol. The van der Waals surface area contributed by atoms with E-state index in [1.807, 2.05) is 12.1 Å². The monoisotopic (exact) mass is 297 g/mol. The summed E-state index contributed by atoms with van der Waals surface area (Å²) in [4.78, 5) is 23.0. The molecule has 114 valence electrons. The Hall–Kier alpha value is -2.47. The topological polar surface area (TPSA) is 84.1 Å². The van der Waals surface area contributed by atoms with Gasteiger partial charge < -0.3 is 16.0 Å². The molecule has 3 heterocycles. The first-order valence-corrected chi connectivity index (χ1v) is 7.43. The van der Waals surface area contributed by atoms with Gasteiger partial charge >= 0.3 is 0 Å². The van der Waals surface area contributed by atoms with E-state index in [-0.39, 0.29) is 5.91 Å². The van der Waals surface area contributed by atoms with Gasteiger partial charge in [0.2, 0.25) is 0 Å². The van der Waals surface area contributed by atoms with Gasteiger partial charge in [-0.2, -0.15) is 0 Å². The van der Waals surface area contributed by atoms with Gasteiger partial charge in [0.25, 0.3) is 5.91 Å². The highest BCUT2D eigenvalue weighted by Gasteiger charge is 2.13. The van der Waals surface area contributed by atoms with E-state index in [2.05, 4.69) is 20.2 Å². The average Bonchev–Trinajstić information content (AvgIpc) is 3.10. The molecule has 6 nitrogen and oxygen atoms in total. The number of rotatable bonds is 4. The van der Waals surface area contributed by atoms with Gasteiger partial charge in [0.05, 0.1) is 17.6 Å². The highest BCUT2D eigenvalue weighted by Crippen LogP contribution is 2.19. The van der Waals surface area contributed by atoms with Crippen LogP contribution in [0.15, 0.2) is 36.7 Å². The first-order chi connectivity index (χ1) is 10.8. The quantitative estimate of drug-likeness (QED) is 0.898. The Balaban J connectivity index is 1.68. The van der Waals surface area contributed by atoms with Crippen molar-refractivity contribution in [3.8, 4) is 0 Å². The Kier molecular flexibility index (Phi) is 4.29. The van der Waals surface area contributed by atoms with Crippen molar-refractivity contribution in [1.29, 1.82) is 0 Å². The number of pyridine rings is 2. The van der Waals surface area contributed by atoms with E-state index in [4.69, 9.17) is 5.73 Å². The number of nitrogens with two attached hydrogens (primary N) is 1. The lowest BCUT2D eigenvalue weighted by Crippen LogP contribution is -2.19. The van der Waals surface area contributed by atoms with Gasteiger partial charge in [-0.1, -0.05) is 0 Å². The van der Waals surface area contributed by atoms with Crippen LogP contribution in [0.25, 0.3) is 0 Å². The number of carbonyl (C=O) groups is 1.